The number of H-pyrrole nitrogens is 1. The van der Waals surface area contributed by atoms with Gasteiger partial charge in [-0.15, -0.1) is 0 Å². The minimum atomic E-state index is -0.168. The molecule has 4 rings (SSSR count). The predicted molar refractivity (Wildman–Crippen MR) is 109 cm³/mol. The van der Waals surface area contributed by atoms with Gasteiger partial charge in [-0.3, -0.25) is 9.69 Å². The minimum Gasteiger partial charge on any atom is -0.493 e. The summed E-state index contributed by atoms with van der Waals surface area (Å²) in [5, 5.41) is 0.493. The van der Waals surface area contributed by atoms with E-state index in [1.807, 2.05) is 0 Å². The van der Waals surface area contributed by atoms with Gasteiger partial charge in [0.05, 0.1) is 31.7 Å². The molecule has 3 aromatic rings. The van der Waals surface area contributed by atoms with Crippen LogP contribution in [0.1, 0.15) is 35.8 Å². The molecule has 0 saturated heterocycles. The molecule has 1 atom stereocenters. The van der Waals surface area contributed by atoms with E-state index in [-0.39, 0.29) is 5.56 Å². The number of benzene rings is 2. The van der Waals surface area contributed by atoms with Gasteiger partial charge in [-0.2, -0.15) is 0 Å². The molecule has 1 heterocycles. The number of aromatic amines is 1. The molecule has 2 aromatic carbocycles. The van der Waals surface area contributed by atoms with Gasteiger partial charge in [-0.05, 0) is 43.5 Å². The van der Waals surface area contributed by atoms with Crippen molar-refractivity contribution in [1.82, 2.24) is 14.9 Å². The van der Waals surface area contributed by atoms with E-state index in [4.69, 9.17) is 9.47 Å². The molecule has 6 heteroatoms. The first-order valence-corrected chi connectivity index (χ1v) is 9.53. The lowest BCUT2D eigenvalue weighted by Gasteiger charge is -2.33. The molecular formula is C22H25N3O3. The average Bonchev–Trinajstić information content (AvgIpc) is 2.72. The highest BCUT2D eigenvalue weighted by molar-refractivity contribution is 5.81. The summed E-state index contributed by atoms with van der Waals surface area (Å²) in [6.07, 6.45) is 3.41. The van der Waals surface area contributed by atoms with Gasteiger partial charge in [0.1, 0.15) is 5.82 Å². The van der Waals surface area contributed by atoms with Gasteiger partial charge < -0.3 is 14.5 Å². The van der Waals surface area contributed by atoms with E-state index in [0.29, 0.717) is 40.8 Å². The summed E-state index contributed by atoms with van der Waals surface area (Å²) in [5.41, 5.74) is 3.24. The quantitative estimate of drug-likeness (QED) is 0.735. The minimum absolute atomic E-state index is 0.168. The molecule has 0 amide bonds. The average molecular weight is 379 g/mol. The molecule has 0 saturated carbocycles. The van der Waals surface area contributed by atoms with E-state index in [1.54, 1.807) is 26.4 Å². The van der Waals surface area contributed by atoms with E-state index in [0.717, 1.165) is 12.8 Å². The Balaban J connectivity index is 1.66. The van der Waals surface area contributed by atoms with E-state index < -0.39 is 0 Å². The number of methoxy groups -OCH3 is 2. The van der Waals surface area contributed by atoms with Crippen LogP contribution in [0.2, 0.25) is 0 Å². The molecule has 0 aliphatic heterocycles. The van der Waals surface area contributed by atoms with Crippen molar-refractivity contribution in [1.29, 1.82) is 0 Å². The number of ether oxygens (including phenoxy) is 2. The maximum Gasteiger partial charge on any atom is 0.258 e. The van der Waals surface area contributed by atoms with Crippen molar-refractivity contribution in [3.8, 4) is 11.5 Å². The van der Waals surface area contributed by atoms with Crippen molar-refractivity contribution < 1.29 is 9.47 Å². The first kappa shape index (κ1) is 18.5. The van der Waals surface area contributed by atoms with Gasteiger partial charge in [-0.25, -0.2) is 4.98 Å². The van der Waals surface area contributed by atoms with Crippen LogP contribution in [0.5, 0.6) is 11.5 Å². The number of hydrogen-bond acceptors (Lipinski definition) is 5. The molecule has 1 N–H and O–H groups in total. The largest absolute Gasteiger partial charge is 0.493 e. The van der Waals surface area contributed by atoms with Gasteiger partial charge in [0.15, 0.2) is 11.5 Å². The summed E-state index contributed by atoms with van der Waals surface area (Å²) < 4.78 is 10.6. The first-order valence-electron chi connectivity index (χ1n) is 9.53. The zero-order valence-corrected chi connectivity index (χ0v) is 16.5. The van der Waals surface area contributed by atoms with E-state index in [2.05, 4.69) is 46.2 Å². The maximum atomic E-state index is 12.6. The fraction of sp³-hybridized carbons (Fsp3) is 0.364. The van der Waals surface area contributed by atoms with E-state index >= 15 is 0 Å². The molecule has 1 aromatic heterocycles. The normalized spacial score (nSPS) is 16.2. The van der Waals surface area contributed by atoms with Crippen LogP contribution in [0.15, 0.2) is 41.2 Å². The third kappa shape index (κ3) is 3.36. The third-order valence-electron chi connectivity index (χ3n) is 5.53. The third-order valence-corrected chi connectivity index (χ3v) is 5.53. The molecule has 1 aliphatic rings. The monoisotopic (exact) mass is 379 g/mol. The lowest BCUT2D eigenvalue weighted by molar-refractivity contribution is 0.208. The second-order valence-corrected chi connectivity index (χ2v) is 7.26. The highest BCUT2D eigenvalue weighted by Crippen LogP contribution is 2.34. The number of hydrogen-bond donors (Lipinski definition) is 1. The Morgan fingerprint density at radius 2 is 1.93 bits per heavy atom. The Bertz CT molecular complexity index is 1060. The Morgan fingerprint density at radius 3 is 2.71 bits per heavy atom. The van der Waals surface area contributed by atoms with E-state index in [9.17, 15) is 4.79 Å². The molecule has 0 spiro atoms. The molecule has 0 radical (unpaired) electrons. The maximum absolute atomic E-state index is 12.6. The van der Waals surface area contributed by atoms with Crippen LogP contribution >= 0.6 is 0 Å². The van der Waals surface area contributed by atoms with Gasteiger partial charge >= 0.3 is 0 Å². The Morgan fingerprint density at radius 1 is 1.18 bits per heavy atom. The fourth-order valence-corrected chi connectivity index (χ4v) is 4.12. The molecule has 6 nitrogen and oxygen atoms in total. The number of nitrogens with one attached hydrogen (secondary N) is 1. The zero-order valence-electron chi connectivity index (χ0n) is 16.5. The lowest BCUT2D eigenvalue weighted by atomic mass is 9.87. The highest BCUT2D eigenvalue weighted by Gasteiger charge is 2.24. The fourth-order valence-electron chi connectivity index (χ4n) is 4.12. The van der Waals surface area contributed by atoms with Crippen LogP contribution in [-0.2, 0) is 13.0 Å². The van der Waals surface area contributed by atoms with Crippen LogP contribution in [0.3, 0.4) is 0 Å². The van der Waals surface area contributed by atoms with Gasteiger partial charge in [0, 0.05) is 12.1 Å². The lowest BCUT2D eigenvalue weighted by Crippen LogP contribution is -2.29. The Kier molecular flexibility index (Phi) is 5.05. The number of nitrogens with zero attached hydrogens (tertiary/aromatic N) is 2. The summed E-state index contributed by atoms with van der Waals surface area (Å²) in [4.78, 5) is 22.5. The molecule has 0 fully saturated rings. The number of aryl methyl sites for hydroxylation is 1. The predicted octanol–water partition coefficient (Wildman–Crippen LogP) is 3.45. The van der Waals surface area contributed by atoms with Crippen molar-refractivity contribution in [3.63, 3.8) is 0 Å². The van der Waals surface area contributed by atoms with Crippen LogP contribution in [-0.4, -0.2) is 36.1 Å². The number of aromatic nitrogens is 2. The smallest absolute Gasteiger partial charge is 0.258 e. The zero-order chi connectivity index (χ0) is 19.7. The Labute approximate surface area is 164 Å². The van der Waals surface area contributed by atoms with Crippen LogP contribution in [0, 0.1) is 0 Å². The molecular weight excluding hydrogens is 354 g/mol. The van der Waals surface area contributed by atoms with Crippen molar-refractivity contribution in [2.24, 2.45) is 0 Å². The van der Waals surface area contributed by atoms with Crippen molar-refractivity contribution in [2.45, 2.75) is 31.8 Å². The van der Waals surface area contributed by atoms with Crippen LogP contribution < -0.4 is 15.0 Å². The Hall–Kier alpha value is -2.86. The van der Waals surface area contributed by atoms with Crippen LogP contribution in [0.25, 0.3) is 10.9 Å². The van der Waals surface area contributed by atoms with Crippen molar-refractivity contribution in [3.05, 3.63) is 63.7 Å². The highest BCUT2D eigenvalue weighted by atomic mass is 16.5. The summed E-state index contributed by atoms with van der Waals surface area (Å²) in [5.74, 6) is 1.73. The molecule has 0 unspecified atom stereocenters. The standard InChI is InChI=1S/C22H25N3O3/c1-25(18-10-6-8-14-7-4-5-9-15(14)18)13-21-23-17-12-20(28-3)19(27-2)11-16(17)22(26)24-21/h4-5,7,9,11-12,18H,6,8,10,13H2,1-3H3,(H,23,24,26)/t18-/m0/s1. The first-order chi connectivity index (χ1) is 13.6. The van der Waals surface area contributed by atoms with Crippen LogP contribution in [0.4, 0.5) is 0 Å². The van der Waals surface area contributed by atoms with Crippen molar-refractivity contribution >= 4 is 10.9 Å². The van der Waals surface area contributed by atoms with E-state index in [1.165, 1.54) is 17.5 Å². The molecule has 0 bridgehead atoms. The second-order valence-electron chi connectivity index (χ2n) is 7.26. The SMILES string of the molecule is COc1cc2nc(CN(C)[C@H]3CCCc4ccccc43)[nH]c(=O)c2cc1OC. The second kappa shape index (κ2) is 7.64. The molecule has 1 aliphatic carbocycles. The summed E-state index contributed by atoms with van der Waals surface area (Å²) in [6, 6.07) is 12.4. The molecule has 28 heavy (non-hydrogen) atoms. The summed E-state index contributed by atoms with van der Waals surface area (Å²) >= 11 is 0. The molecule has 146 valence electrons. The summed E-state index contributed by atoms with van der Waals surface area (Å²) in [7, 11) is 5.22. The van der Waals surface area contributed by atoms with Crippen molar-refractivity contribution in [2.75, 3.05) is 21.3 Å². The number of fused-ring (bicyclic) bond motifs is 2. The van der Waals surface area contributed by atoms with Gasteiger partial charge in [-0.1, -0.05) is 24.3 Å². The number of rotatable bonds is 5. The summed E-state index contributed by atoms with van der Waals surface area (Å²) in [6.45, 7) is 0.568. The van der Waals surface area contributed by atoms with Gasteiger partial charge in [0.2, 0.25) is 0 Å². The topological polar surface area (TPSA) is 67.5 Å². The van der Waals surface area contributed by atoms with Gasteiger partial charge in [0.25, 0.3) is 5.56 Å².